The van der Waals surface area contributed by atoms with Crippen molar-refractivity contribution in [3.8, 4) is 5.75 Å². The first kappa shape index (κ1) is 20.8. The number of hydrogen-bond donors (Lipinski definition) is 0. The number of fused-ring (bicyclic) bond motifs is 1. The number of hydrogen-bond acceptors (Lipinski definition) is 4. The molecule has 0 aromatic heterocycles. The van der Waals surface area contributed by atoms with E-state index in [1.165, 1.54) is 4.90 Å². The summed E-state index contributed by atoms with van der Waals surface area (Å²) in [5.74, 6) is -0.513. The van der Waals surface area contributed by atoms with Crippen molar-refractivity contribution in [2.45, 2.75) is 6.92 Å². The van der Waals surface area contributed by atoms with Crippen molar-refractivity contribution in [3.05, 3.63) is 94.0 Å². The molecule has 1 aliphatic heterocycles. The highest BCUT2D eigenvalue weighted by Gasteiger charge is 2.37. The van der Waals surface area contributed by atoms with E-state index in [1.807, 2.05) is 13.0 Å². The molecule has 0 saturated heterocycles. The lowest BCUT2D eigenvalue weighted by Gasteiger charge is -2.27. The number of amides is 3. The van der Waals surface area contributed by atoms with Gasteiger partial charge in [-0.1, -0.05) is 24.3 Å². The second-order valence-corrected chi connectivity index (χ2v) is 7.72. The van der Waals surface area contributed by atoms with E-state index < -0.39 is 11.8 Å². The lowest BCUT2D eigenvalue weighted by molar-refractivity contribution is 0.0650. The van der Waals surface area contributed by atoms with E-state index in [2.05, 4.69) is 15.9 Å². The van der Waals surface area contributed by atoms with Crippen molar-refractivity contribution < 1.29 is 19.1 Å². The molecule has 7 heteroatoms. The fourth-order valence-corrected chi connectivity index (χ4v) is 3.90. The Morgan fingerprint density at radius 3 is 2.06 bits per heavy atom. The standard InChI is InChI=1S/C24H19BrN2O4/c1-2-31-17-13-11-16(12-14-17)26(24(30)20-9-5-6-10-21(20)25)15-27-22(28)18-7-3-4-8-19(18)23(27)29/h3-14H,2,15H2,1H3. The van der Waals surface area contributed by atoms with E-state index in [0.717, 1.165) is 4.90 Å². The van der Waals surface area contributed by atoms with Gasteiger partial charge in [0.15, 0.2) is 0 Å². The molecule has 0 saturated carbocycles. The summed E-state index contributed by atoms with van der Waals surface area (Å²) in [4.78, 5) is 41.7. The van der Waals surface area contributed by atoms with Crippen LogP contribution in [0.5, 0.6) is 5.75 Å². The monoisotopic (exact) mass is 478 g/mol. The van der Waals surface area contributed by atoms with Gasteiger partial charge in [0.05, 0.1) is 23.3 Å². The Kier molecular flexibility index (Phi) is 5.86. The number of rotatable bonds is 6. The largest absolute Gasteiger partial charge is 0.494 e. The second kappa shape index (κ2) is 8.73. The molecule has 156 valence electrons. The van der Waals surface area contributed by atoms with E-state index in [-0.39, 0.29) is 12.6 Å². The average Bonchev–Trinajstić information content (AvgIpc) is 3.03. The summed E-state index contributed by atoms with van der Waals surface area (Å²) in [5, 5.41) is 0. The maximum Gasteiger partial charge on any atom is 0.263 e. The zero-order valence-corrected chi connectivity index (χ0v) is 18.3. The van der Waals surface area contributed by atoms with Gasteiger partial charge in [0.2, 0.25) is 0 Å². The van der Waals surface area contributed by atoms with E-state index >= 15 is 0 Å². The predicted octanol–water partition coefficient (Wildman–Crippen LogP) is 4.75. The van der Waals surface area contributed by atoms with E-state index in [1.54, 1.807) is 66.7 Å². The smallest absolute Gasteiger partial charge is 0.263 e. The molecule has 0 aliphatic carbocycles. The van der Waals surface area contributed by atoms with E-state index in [9.17, 15) is 14.4 Å². The van der Waals surface area contributed by atoms with Crippen LogP contribution in [0.1, 0.15) is 38.0 Å². The van der Waals surface area contributed by atoms with E-state index in [0.29, 0.717) is 39.2 Å². The molecule has 0 atom stereocenters. The fraction of sp³-hybridized carbons (Fsp3) is 0.125. The van der Waals surface area contributed by atoms with Crippen LogP contribution >= 0.6 is 15.9 Å². The van der Waals surface area contributed by atoms with Gasteiger partial charge in [-0.05, 0) is 71.4 Å². The Balaban J connectivity index is 1.71. The summed E-state index contributed by atoms with van der Waals surface area (Å²) in [5.41, 5.74) is 1.65. The molecule has 0 radical (unpaired) electrons. The van der Waals surface area contributed by atoms with Gasteiger partial charge in [0, 0.05) is 10.2 Å². The van der Waals surface area contributed by atoms with Gasteiger partial charge in [0.25, 0.3) is 17.7 Å². The Morgan fingerprint density at radius 2 is 1.48 bits per heavy atom. The summed E-state index contributed by atoms with van der Waals surface area (Å²) in [7, 11) is 0. The number of imide groups is 1. The third-order valence-corrected chi connectivity index (χ3v) is 5.66. The third-order valence-electron chi connectivity index (χ3n) is 4.97. The van der Waals surface area contributed by atoms with Crippen LogP contribution in [0.25, 0.3) is 0 Å². The van der Waals surface area contributed by atoms with Crippen LogP contribution in [0.2, 0.25) is 0 Å². The van der Waals surface area contributed by atoms with Gasteiger partial charge in [-0.25, -0.2) is 0 Å². The fourth-order valence-electron chi connectivity index (χ4n) is 3.44. The van der Waals surface area contributed by atoms with Gasteiger partial charge in [-0.3, -0.25) is 24.2 Å². The lowest BCUT2D eigenvalue weighted by Crippen LogP contribution is -2.44. The number of nitrogens with zero attached hydrogens (tertiary/aromatic N) is 2. The number of ether oxygens (including phenoxy) is 1. The predicted molar refractivity (Wildman–Crippen MR) is 120 cm³/mol. The van der Waals surface area contributed by atoms with Crippen molar-refractivity contribution >= 4 is 39.3 Å². The van der Waals surface area contributed by atoms with Crippen LogP contribution in [-0.2, 0) is 0 Å². The molecule has 3 aromatic carbocycles. The topological polar surface area (TPSA) is 66.9 Å². The summed E-state index contributed by atoms with van der Waals surface area (Å²) in [6.45, 7) is 2.20. The van der Waals surface area contributed by atoms with Crippen molar-refractivity contribution in [1.82, 2.24) is 4.90 Å². The third kappa shape index (κ3) is 3.96. The van der Waals surface area contributed by atoms with Gasteiger partial charge in [0.1, 0.15) is 12.4 Å². The maximum atomic E-state index is 13.5. The molecule has 0 N–H and O–H groups in total. The molecule has 0 spiro atoms. The molecule has 1 aliphatic rings. The molecule has 6 nitrogen and oxygen atoms in total. The number of anilines is 1. The average molecular weight is 479 g/mol. The highest BCUT2D eigenvalue weighted by Crippen LogP contribution is 2.28. The molecule has 0 fully saturated rings. The van der Waals surface area contributed by atoms with Crippen LogP contribution in [0.15, 0.2) is 77.3 Å². The van der Waals surface area contributed by atoms with Gasteiger partial charge in [-0.2, -0.15) is 0 Å². The molecular formula is C24H19BrN2O4. The second-order valence-electron chi connectivity index (χ2n) is 6.87. The highest BCUT2D eigenvalue weighted by molar-refractivity contribution is 9.10. The molecular weight excluding hydrogens is 460 g/mol. The van der Waals surface area contributed by atoms with Crippen molar-refractivity contribution in [3.63, 3.8) is 0 Å². The zero-order valence-electron chi connectivity index (χ0n) is 16.7. The normalized spacial score (nSPS) is 12.6. The number of carbonyl (C=O) groups is 3. The summed E-state index contributed by atoms with van der Waals surface area (Å²) >= 11 is 3.41. The molecule has 1 heterocycles. The molecule has 0 unspecified atom stereocenters. The first-order valence-electron chi connectivity index (χ1n) is 9.75. The number of carbonyl (C=O) groups excluding carboxylic acids is 3. The Bertz CT molecular complexity index is 1130. The number of benzene rings is 3. The SMILES string of the molecule is CCOc1ccc(N(CN2C(=O)c3ccccc3C2=O)C(=O)c2ccccc2Br)cc1. The molecule has 3 amide bonds. The van der Waals surface area contributed by atoms with Crippen LogP contribution in [0.4, 0.5) is 5.69 Å². The minimum atomic E-state index is -0.420. The van der Waals surface area contributed by atoms with Crippen molar-refractivity contribution in [1.29, 1.82) is 0 Å². The Morgan fingerprint density at radius 1 is 0.903 bits per heavy atom. The zero-order chi connectivity index (χ0) is 22.0. The molecule has 0 bridgehead atoms. The molecule has 31 heavy (non-hydrogen) atoms. The summed E-state index contributed by atoms with van der Waals surface area (Å²) in [6, 6.07) is 20.7. The number of halogens is 1. The highest BCUT2D eigenvalue weighted by atomic mass is 79.9. The maximum absolute atomic E-state index is 13.5. The summed E-state index contributed by atoms with van der Waals surface area (Å²) in [6.07, 6.45) is 0. The van der Waals surface area contributed by atoms with Gasteiger partial charge >= 0.3 is 0 Å². The first-order chi connectivity index (χ1) is 15.0. The Hall–Kier alpha value is -3.45. The molecule has 3 aromatic rings. The minimum absolute atomic E-state index is 0.208. The van der Waals surface area contributed by atoms with E-state index in [4.69, 9.17) is 4.74 Å². The summed E-state index contributed by atoms with van der Waals surface area (Å²) < 4.78 is 6.11. The van der Waals surface area contributed by atoms with Gasteiger partial charge < -0.3 is 4.74 Å². The van der Waals surface area contributed by atoms with Crippen LogP contribution in [0, 0.1) is 0 Å². The van der Waals surface area contributed by atoms with Crippen LogP contribution < -0.4 is 9.64 Å². The minimum Gasteiger partial charge on any atom is -0.494 e. The van der Waals surface area contributed by atoms with Crippen molar-refractivity contribution in [2.75, 3.05) is 18.2 Å². The quantitative estimate of drug-likeness (QED) is 0.479. The van der Waals surface area contributed by atoms with Crippen LogP contribution in [0.3, 0.4) is 0 Å². The molecule has 4 rings (SSSR count). The Labute approximate surface area is 188 Å². The lowest BCUT2D eigenvalue weighted by atomic mass is 10.1. The first-order valence-corrected chi connectivity index (χ1v) is 10.5. The van der Waals surface area contributed by atoms with Gasteiger partial charge in [-0.15, -0.1) is 0 Å². The van der Waals surface area contributed by atoms with Crippen molar-refractivity contribution in [2.24, 2.45) is 0 Å². The van der Waals surface area contributed by atoms with Crippen LogP contribution in [-0.4, -0.2) is 35.9 Å².